The maximum atomic E-state index is 13.2. The molecule has 0 bridgehead atoms. The summed E-state index contributed by atoms with van der Waals surface area (Å²) in [6, 6.07) is 9.61. The molecule has 32 heavy (non-hydrogen) atoms. The zero-order valence-corrected chi connectivity index (χ0v) is 17.7. The summed E-state index contributed by atoms with van der Waals surface area (Å²) in [7, 11) is 0. The van der Waals surface area contributed by atoms with Crippen LogP contribution in [0.4, 0.5) is 19.0 Å². The summed E-state index contributed by atoms with van der Waals surface area (Å²) in [4.78, 5) is 20.9. The fourth-order valence-electron chi connectivity index (χ4n) is 3.99. The summed E-state index contributed by atoms with van der Waals surface area (Å²) in [5.41, 5.74) is -0.265. The van der Waals surface area contributed by atoms with Crippen molar-refractivity contribution in [2.75, 3.05) is 44.3 Å². The standard InChI is InChI=1S/C23H26F3N3O3/c24-23(25,26)17-8-9-21(27-15-17)28-10-4-11-29(13-12-28)22(30)19-6-1-2-7-20(19)32-16-18-5-3-14-31-18/h1-2,6-9,15,18H,3-5,10-14,16H2. The second kappa shape index (κ2) is 9.77. The Hall–Kier alpha value is -2.81. The highest BCUT2D eigenvalue weighted by atomic mass is 19.4. The number of hydrogen-bond donors (Lipinski definition) is 0. The molecule has 2 aromatic rings. The topological polar surface area (TPSA) is 54.9 Å². The first-order chi connectivity index (χ1) is 15.4. The molecule has 2 fully saturated rings. The first kappa shape index (κ1) is 22.4. The lowest BCUT2D eigenvalue weighted by Crippen LogP contribution is -2.35. The third kappa shape index (κ3) is 5.32. The summed E-state index contributed by atoms with van der Waals surface area (Å²) in [6.07, 6.45) is -0.838. The third-order valence-electron chi connectivity index (χ3n) is 5.75. The second-order valence-corrected chi connectivity index (χ2v) is 7.98. The number of halogens is 3. The Balaban J connectivity index is 1.39. The van der Waals surface area contributed by atoms with Gasteiger partial charge in [0.2, 0.25) is 0 Å². The lowest BCUT2D eigenvalue weighted by Gasteiger charge is -2.24. The van der Waals surface area contributed by atoms with E-state index < -0.39 is 11.7 Å². The molecule has 0 aliphatic carbocycles. The molecule has 0 radical (unpaired) electrons. The minimum Gasteiger partial charge on any atom is -0.490 e. The largest absolute Gasteiger partial charge is 0.490 e. The minimum absolute atomic E-state index is 0.0566. The number of para-hydroxylation sites is 1. The first-order valence-electron chi connectivity index (χ1n) is 10.8. The van der Waals surface area contributed by atoms with E-state index in [-0.39, 0.29) is 12.0 Å². The van der Waals surface area contributed by atoms with Gasteiger partial charge in [-0.1, -0.05) is 12.1 Å². The molecule has 172 valence electrons. The molecule has 9 heteroatoms. The second-order valence-electron chi connectivity index (χ2n) is 7.98. The Bertz CT molecular complexity index is 915. The number of rotatable bonds is 5. The van der Waals surface area contributed by atoms with Crippen LogP contribution in [-0.2, 0) is 10.9 Å². The molecule has 0 N–H and O–H groups in total. The molecule has 3 heterocycles. The van der Waals surface area contributed by atoms with Gasteiger partial charge in [0.1, 0.15) is 18.2 Å². The van der Waals surface area contributed by atoms with E-state index in [4.69, 9.17) is 9.47 Å². The van der Waals surface area contributed by atoms with Crippen molar-refractivity contribution in [2.24, 2.45) is 0 Å². The molecular formula is C23H26F3N3O3. The maximum Gasteiger partial charge on any atom is 0.417 e. The number of aromatic nitrogens is 1. The highest BCUT2D eigenvalue weighted by Crippen LogP contribution is 2.29. The predicted octanol–water partition coefficient (Wildman–Crippen LogP) is 4.01. The molecule has 2 aliphatic heterocycles. The van der Waals surface area contributed by atoms with Gasteiger partial charge >= 0.3 is 6.18 Å². The average molecular weight is 449 g/mol. The number of ether oxygens (including phenoxy) is 2. The van der Waals surface area contributed by atoms with Gasteiger partial charge in [-0.15, -0.1) is 0 Å². The van der Waals surface area contributed by atoms with Crippen molar-refractivity contribution in [1.82, 2.24) is 9.88 Å². The monoisotopic (exact) mass is 449 g/mol. The van der Waals surface area contributed by atoms with E-state index in [1.807, 2.05) is 17.0 Å². The smallest absolute Gasteiger partial charge is 0.417 e. The van der Waals surface area contributed by atoms with Crippen LogP contribution in [0.1, 0.15) is 35.2 Å². The van der Waals surface area contributed by atoms with Crippen molar-refractivity contribution in [3.05, 3.63) is 53.7 Å². The molecule has 1 aromatic heterocycles. The molecule has 0 saturated carbocycles. The number of benzene rings is 1. The Kier molecular flexibility index (Phi) is 6.83. The van der Waals surface area contributed by atoms with E-state index in [9.17, 15) is 18.0 Å². The van der Waals surface area contributed by atoms with Gasteiger partial charge in [-0.3, -0.25) is 4.79 Å². The summed E-state index contributed by atoms with van der Waals surface area (Å²) in [5.74, 6) is 0.904. The molecule has 4 rings (SSSR count). The van der Waals surface area contributed by atoms with Crippen LogP contribution >= 0.6 is 0 Å². The van der Waals surface area contributed by atoms with Gasteiger partial charge in [0.25, 0.3) is 5.91 Å². The van der Waals surface area contributed by atoms with E-state index in [1.165, 1.54) is 6.07 Å². The molecule has 1 unspecified atom stereocenters. The summed E-state index contributed by atoms with van der Waals surface area (Å²) >= 11 is 0. The van der Waals surface area contributed by atoms with E-state index in [1.54, 1.807) is 17.0 Å². The average Bonchev–Trinajstić information content (AvgIpc) is 3.19. The SMILES string of the molecule is O=C(c1ccccc1OCC1CCCO1)N1CCCN(c2ccc(C(F)(F)F)cn2)CC1. The van der Waals surface area contributed by atoms with E-state index in [2.05, 4.69) is 4.98 Å². The number of pyridine rings is 1. The molecule has 6 nitrogen and oxygen atoms in total. The van der Waals surface area contributed by atoms with Crippen LogP contribution in [-0.4, -0.2) is 61.3 Å². The van der Waals surface area contributed by atoms with Crippen LogP contribution in [0.15, 0.2) is 42.6 Å². The van der Waals surface area contributed by atoms with Crippen molar-refractivity contribution in [3.8, 4) is 5.75 Å². The van der Waals surface area contributed by atoms with Crippen LogP contribution in [0, 0.1) is 0 Å². The normalized spacial score (nSPS) is 19.7. The Morgan fingerprint density at radius 3 is 2.66 bits per heavy atom. The van der Waals surface area contributed by atoms with Crippen LogP contribution in [0.5, 0.6) is 5.75 Å². The first-order valence-corrected chi connectivity index (χ1v) is 10.8. The van der Waals surface area contributed by atoms with Crippen molar-refractivity contribution in [2.45, 2.75) is 31.5 Å². The Morgan fingerprint density at radius 1 is 1.09 bits per heavy atom. The van der Waals surface area contributed by atoms with Crippen LogP contribution in [0.25, 0.3) is 0 Å². The van der Waals surface area contributed by atoms with E-state index in [0.717, 1.165) is 31.7 Å². The van der Waals surface area contributed by atoms with E-state index in [0.29, 0.717) is 56.3 Å². The highest BCUT2D eigenvalue weighted by molar-refractivity contribution is 5.97. The molecule has 1 aromatic carbocycles. The lowest BCUT2D eigenvalue weighted by molar-refractivity contribution is -0.137. The van der Waals surface area contributed by atoms with Crippen LogP contribution < -0.4 is 9.64 Å². The Labute approximate surface area is 184 Å². The number of alkyl halides is 3. The summed E-state index contributed by atoms with van der Waals surface area (Å²) in [5, 5.41) is 0. The number of carbonyl (C=O) groups excluding carboxylic acids is 1. The van der Waals surface area contributed by atoms with Crippen LogP contribution in [0.2, 0.25) is 0 Å². The number of anilines is 1. The molecular weight excluding hydrogens is 423 g/mol. The van der Waals surface area contributed by atoms with Gasteiger partial charge in [0.15, 0.2) is 0 Å². The fourth-order valence-corrected chi connectivity index (χ4v) is 3.99. The molecule has 0 spiro atoms. The molecule has 1 amide bonds. The van der Waals surface area contributed by atoms with Crippen molar-refractivity contribution >= 4 is 11.7 Å². The Morgan fingerprint density at radius 2 is 1.94 bits per heavy atom. The summed E-state index contributed by atoms with van der Waals surface area (Å²) < 4.78 is 49.9. The van der Waals surface area contributed by atoms with Gasteiger partial charge in [-0.25, -0.2) is 4.98 Å². The van der Waals surface area contributed by atoms with E-state index >= 15 is 0 Å². The molecule has 1 atom stereocenters. The van der Waals surface area contributed by atoms with Crippen LogP contribution in [0.3, 0.4) is 0 Å². The highest BCUT2D eigenvalue weighted by Gasteiger charge is 2.31. The van der Waals surface area contributed by atoms with Crippen molar-refractivity contribution < 1.29 is 27.4 Å². The van der Waals surface area contributed by atoms with Gasteiger partial charge < -0.3 is 19.3 Å². The van der Waals surface area contributed by atoms with Crippen molar-refractivity contribution in [1.29, 1.82) is 0 Å². The van der Waals surface area contributed by atoms with Gasteiger partial charge in [0, 0.05) is 39.0 Å². The molecule has 2 saturated heterocycles. The fraction of sp³-hybridized carbons (Fsp3) is 0.478. The van der Waals surface area contributed by atoms with Gasteiger partial charge in [-0.2, -0.15) is 13.2 Å². The number of nitrogens with zero attached hydrogens (tertiary/aromatic N) is 3. The van der Waals surface area contributed by atoms with Gasteiger partial charge in [0.05, 0.1) is 17.2 Å². The maximum absolute atomic E-state index is 13.2. The molecule has 2 aliphatic rings. The third-order valence-corrected chi connectivity index (χ3v) is 5.75. The quantitative estimate of drug-likeness (QED) is 0.691. The number of carbonyl (C=O) groups is 1. The summed E-state index contributed by atoms with van der Waals surface area (Å²) in [6.45, 7) is 3.25. The van der Waals surface area contributed by atoms with Gasteiger partial charge in [-0.05, 0) is 43.5 Å². The number of amides is 1. The number of hydrogen-bond acceptors (Lipinski definition) is 5. The zero-order valence-electron chi connectivity index (χ0n) is 17.7. The predicted molar refractivity (Wildman–Crippen MR) is 113 cm³/mol. The van der Waals surface area contributed by atoms with Crippen molar-refractivity contribution in [3.63, 3.8) is 0 Å². The minimum atomic E-state index is -4.41. The lowest BCUT2D eigenvalue weighted by atomic mass is 10.1. The zero-order chi connectivity index (χ0) is 22.6.